The van der Waals surface area contributed by atoms with Crippen molar-refractivity contribution in [1.29, 1.82) is 0 Å². The van der Waals surface area contributed by atoms with Crippen LogP contribution in [0.3, 0.4) is 0 Å². The summed E-state index contributed by atoms with van der Waals surface area (Å²) in [6.45, 7) is 9.87. The van der Waals surface area contributed by atoms with E-state index in [0.717, 1.165) is 54.1 Å². The Bertz CT molecular complexity index is 972. The summed E-state index contributed by atoms with van der Waals surface area (Å²) in [5, 5.41) is 0. The second kappa shape index (κ2) is 9.69. The second-order valence-electron chi connectivity index (χ2n) is 8.92. The molecule has 2 aromatic carbocycles. The van der Waals surface area contributed by atoms with Crippen molar-refractivity contribution in [3.63, 3.8) is 0 Å². The lowest BCUT2D eigenvalue weighted by Crippen LogP contribution is -2.48. The Morgan fingerprint density at radius 3 is 2.03 bits per heavy atom. The molecular formula is C24H36N4O2S. The van der Waals surface area contributed by atoms with Gasteiger partial charge in [-0.2, -0.15) is 0 Å². The zero-order valence-electron chi connectivity index (χ0n) is 19.6. The van der Waals surface area contributed by atoms with Crippen LogP contribution in [0.1, 0.15) is 28.3 Å². The standard InChI is InChI=1S/C24H36N4O2S/c1-18-15-19(2)24(20(3)16-18)31(29,30)25-17-23(28-13-11-27(6)12-14-28)21-7-9-22(10-8-21)26(4)5/h7-10,15-16,23,25H,11-14,17H2,1-6H3/t23-/m1/s1. The monoisotopic (exact) mass is 444 g/mol. The zero-order chi connectivity index (χ0) is 22.8. The van der Waals surface area contributed by atoms with Gasteiger partial charge >= 0.3 is 0 Å². The van der Waals surface area contributed by atoms with Gasteiger partial charge < -0.3 is 9.80 Å². The summed E-state index contributed by atoms with van der Waals surface area (Å²) in [6, 6.07) is 12.3. The molecule has 0 spiro atoms. The fraction of sp³-hybridized carbons (Fsp3) is 0.500. The van der Waals surface area contributed by atoms with E-state index >= 15 is 0 Å². The number of rotatable bonds is 7. The SMILES string of the molecule is Cc1cc(C)c(S(=O)(=O)NC[C@H](c2ccc(N(C)C)cc2)N2CCN(C)CC2)c(C)c1. The summed E-state index contributed by atoms with van der Waals surface area (Å²) in [5.41, 5.74) is 4.92. The maximum atomic E-state index is 13.3. The predicted octanol–water partition coefficient (Wildman–Crippen LogP) is 2.94. The number of likely N-dealkylation sites (N-methyl/N-ethyl adjacent to an activating group) is 1. The van der Waals surface area contributed by atoms with Crippen molar-refractivity contribution in [2.24, 2.45) is 0 Å². The van der Waals surface area contributed by atoms with Crippen LogP contribution in [0.25, 0.3) is 0 Å². The lowest BCUT2D eigenvalue weighted by atomic mass is 10.0. The molecule has 31 heavy (non-hydrogen) atoms. The summed E-state index contributed by atoms with van der Waals surface area (Å²) in [7, 11) is 2.56. The van der Waals surface area contributed by atoms with E-state index in [-0.39, 0.29) is 6.04 Å². The molecule has 0 bridgehead atoms. The number of sulfonamides is 1. The van der Waals surface area contributed by atoms with Crippen molar-refractivity contribution in [2.45, 2.75) is 31.7 Å². The molecule has 0 aromatic heterocycles. The number of nitrogens with one attached hydrogen (secondary N) is 1. The van der Waals surface area contributed by atoms with Gasteiger partial charge in [0.05, 0.1) is 4.90 Å². The van der Waals surface area contributed by atoms with Crippen molar-refractivity contribution in [3.8, 4) is 0 Å². The van der Waals surface area contributed by atoms with Crippen LogP contribution < -0.4 is 9.62 Å². The lowest BCUT2D eigenvalue weighted by Gasteiger charge is -2.38. The first-order valence-electron chi connectivity index (χ1n) is 10.9. The summed E-state index contributed by atoms with van der Waals surface area (Å²) in [5.74, 6) is 0. The van der Waals surface area contributed by atoms with Gasteiger partial charge in [0.15, 0.2) is 0 Å². The molecule has 6 nitrogen and oxygen atoms in total. The van der Waals surface area contributed by atoms with E-state index in [0.29, 0.717) is 11.4 Å². The van der Waals surface area contributed by atoms with Gasteiger partial charge in [-0.3, -0.25) is 4.90 Å². The molecule has 2 aromatic rings. The van der Waals surface area contributed by atoms with Crippen molar-refractivity contribution in [3.05, 3.63) is 58.7 Å². The first-order chi connectivity index (χ1) is 14.6. The van der Waals surface area contributed by atoms with E-state index in [2.05, 4.69) is 50.7 Å². The molecule has 1 atom stereocenters. The molecule has 1 aliphatic rings. The summed E-state index contributed by atoms with van der Waals surface area (Å²) < 4.78 is 29.4. The maximum absolute atomic E-state index is 13.3. The van der Waals surface area contributed by atoms with Crippen LogP contribution in [0, 0.1) is 20.8 Å². The molecule has 0 aliphatic carbocycles. The van der Waals surface area contributed by atoms with Crippen LogP contribution in [0.15, 0.2) is 41.3 Å². The average Bonchev–Trinajstić information content (AvgIpc) is 2.68. The molecule has 7 heteroatoms. The number of hydrogen-bond donors (Lipinski definition) is 1. The number of anilines is 1. The first kappa shape index (κ1) is 23.7. The van der Waals surface area contributed by atoms with Crippen LogP contribution in [-0.2, 0) is 10.0 Å². The third-order valence-electron chi connectivity index (χ3n) is 6.11. The highest BCUT2D eigenvalue weighted by molar-refractivity contribution is 7.89. The highest BCUT2D eigenvalue weighted by atomic mass is 32.2. The Labute approximate surface area is 187 Å². The Morgan fingerprint density at radius 1 is 0.968 bits per heavy atom. The normalized spacial score (nSPS) is 17.0. The number of nitrogens with zero attached hydrogens (tertiary/aromatic N) is 3. The van der Waals surface area contributed by atoms with Crippen molar-refractivity contribution >= 4 is 15.7 Å². The smallest absolute Gasteiger partial charge is 0.241 e. The summed E-state index contributed by atoms with van der Waals surface area (Å²) >= 11 is 0. The highest BCUT2D eigenvalue weighted by Crippen LogP contribution is 2.26. The maximum Gasteiger partial charge on any atom is 0.241 e. The van der Waals surface area contributed by atoms with Gasteiger partial charge in [0.25, 0.3) is 0 Å². The Hall–Kier alpha value is -1.93. The summed E-state index contributed by atoms with van der Waals surface area (Å²) in [4.78, 5) is 7.17. The van der Waals surface area contributed by atoms with Crippen LogP contribution >= 0.6 is 0 Å². The van der Waals surface area contributed by atoms with E-state index in [9.17, 15) is 8.42 Å². The molecule has 1 N–H and O–H groups in total. The predicted molar refractivity (Wildman–Crippen MR) is 128 cm³/mol. The van der Waals surface area contributed by atoms with Crippen molar-refractivity contribution in [1.82, 2.24) is 14.5 Å². The molecule has 0 unspecified atom stereocenters. The van der Waals surface area contributed by atoms with Crippen LogP contribution in [-0.4, -0.2) is 72.1 Å². The largest absolute Gasteiger partial charge is 0.378 e. The lowest BCUT2D eigenvalue weighted by molar-refractivity contribution is 0.113. The Balaban J connectivity index is 1.86. The van der Waals surface area contributed by atoms with Crippen LogP contribution in [0.5, 0.6) is 0 Å². The molecule has 1 saturated heterocycles. The number of piperazine rings is 1. The second-order valence-corrected chi connectivity index (χ2v) is 10.6. The van der Waals surface area contributed by atoms with E-state index in [1.54, 1.807) is 0 Å². The highest BCUT2D eigenvalue weighted by Gasteiger charge is 2.27. The quantitative estimate of drug-likeness (QED) is 0.712. The van der Waals surface area contributed by atoms with E-state index < -0.39 is 10.0 Å². The minimum atomic E-state index is -3.61. The molecule has 1 fully saturated rings. The van der Waals surface area contributed by atoms with E-state index in [1.165, 1.54) is 0 Å². The van der Waals surface area contributed by atoms with Crippen LogP contribution in [0.2, 0.25) is 0 Å². The van der Waals surface area contributed by atoms with Crippen molar-refractivity contribution < 1.29 is 8.42 Å². The molecule has 1 heterocycles. The van der Waals surface area contributed by atoms with E-state index in [4.69, 9.17) is 0 Å². The molecule has 170 valence electrons. The number of aryl methyl sites for hydroxylation is 3. The van der Waals surface area contributed by atoms with Gasteiger partial charge in [0, 0.05) is 58.5 Å². The fourth-order valence-electron chi connectivity index (χ4n) is 4.44. The van der Waals surface area contributed by atoms with Gasteiger partial charge in [-0.15, -0.1) is 0 Å². The minimum absolute atomic E-state index is 0.00857. The number of benzene rings is 2. The van der Waals surface area contributed by atoms with Crippen LogP contribution in [0.4, 0.5) is 5.69 Å². The third-order valence-corrected chi connectivity index (χ3v) is 7.84. The molecule has 1 aliphatic heterocycles. The van der Waals surface area contributed by atoms with Gasteiger partial charge in [-0.25, -0.2) is 13.1 Å². The molecule has 0 radical (unpaired) electrons. The first-order valence-corrected chi connectivity index (χ1v) is 12.3. The Morgan fingerprint density at radius 2 is 1.52 bits per heavy atom. The third kappa shape index (κ3) is 5.66. The van der Waals surface area contributed by atoms with Gasteiger partial charge in [-0.1, -0.05) is 29.8 Å². The topological polar surface area (TPSA) is 55.9 Å². The minimum Gasteiger partial charge on any atom is -0.378 e. The molecular weight excluding hydrogens is 408 g/mol. The van der Waals surface area contributed by atoms with Gasteiger partial charge in [0.1, 0.15) is 0 Å². The molecule has 3 rings (SSSR count). The molecule has 0 saturated carbocycles. The number of hydrogen-bond acceptors (Lipinski definition) is 5. The Kier molecular flexibility index (Phi) is 7.42. The fourth-order valence-corrected chi connectivity index (χ4v) is 5.92. The zero-order valence-corrected chi connectivity index (χ0v) is 20.5. The molecule has 0 amide bonds. The van der Waals surface area contributed by atoms with Crippen molar-refractivity contribution in [2.75, 3.05) is 58.8 Å². The van der Waals surface area contributed by atoms with E-state index in [1.807, 2.05) is 47.0 Å². The average molecular weight is 445 g/mol. The van der Waals surface area contributed by atoms with Gasteiger partial charge in [-0.05, 0) is 56.6 Å². The van der Waals surface area contributed by atoms with Gasteiger partial charge in [0.2, 0.25) is 10.0 Å². The summed E-state index contributed by atoms with van der Waals surface area (Å²) in [6.07, 6.45) is 0.